The van der Waals surface area contributed by atoms with Crippen LogP contribution in [-0.4, -0.2) is 10.1 Å². The first-order valence-electron chi connectivity index (χ1n) is 6.29. The Bertz CT molecular complexity index is 746. The predicted octanol–water partition coefficient (Wildman–Crippen LogP) is 4.14. The third kappa shape index (κ3) is 3.20. The zero-order chi connectivity index (χ0) is 14.7. The highest BCUT2D eigenvalue weighted by Gasteiger charge is 2.09. The average molecular weight is 304 g/mol. The zero-order valence-electron chi connectivity index (χ0n) is 10.9. The fourth-order valence-corrected chi connectivity index (χ4v) is 1.99. The molecule has 106 valence electrons. The van der Waals surface area contributed by atoms with E-state index < -0.39 is 5.82 Å². The van der Waals surface area contributed by atoms with E-state index in [0.29, 0.717) is 22.4 Å². The molecule has 0 amide bonds. The lowest BCUT2D eigenvalue weighted by Crippen LogP contribution is -2.02. The fraction of sp³-hybridized carbons (Fsp3) is 0.0667. The average Bonchev–Trinajstić information content (AvgIpc) is 2.96. The van der Waals surface area contributed by atoms with Crippen LogP contribution >= 0.6 is 11.6 Å². The molecule has 0 bridgehead atoms. The number of rotatable bonds is 4. The Hall–Kier alpha value is -2.40. The van der Waals surface area contributed by atoms with Gasteiger partial charge in [0.25, 0.3) is 5.89 Å². The number of aromatic nitrogens is 2. The van der Waals surface area contributed by atoms with Crippen molar-refractivity contribution in [3.8, 4) is 11.5 Å². The van der Waals surface area contributed by atoms with Gasteiger partial charge in [0.1, 0.15) is 5.82 Å². The van der Waals surface area contributed by atoms with Crippen molar-refractivity contribution in [1.29, 1.82) is 0 Å². The minimum absolute atomic E-state index is 0.259. The molecule has 1 aromatic heterocycles. The Morgan fingerprint density at radius 3 is 2.71 bits per heavy atom. The molecule has 4 nitrogen and oxygen atoms in total. The number of nitrogens with zero attached hydrogens (tertiary/aromatic N) is 2. The van der Waals surface area contributed by atoms with Crippen molar-refractivity contribution in [1.82, 2.24) is 10.1 Å². The van der Waals surface area contributed by atoms with Crippen LogP contribution < -0.4 is 5.32 Å². The lowest BCUT2D eigenvalue weighted by molar-refractivity contribution is 0.423. The Morgan fingerprint density at radius 2 is 1.95 bits per heavy atom. The van der Waals surface area contributed by atoms with Gasteiger partial charge in [-0.25, -0.2) is 4.39 Å². The molecule has 1 heterocycles. The van der Waals surface area contributed by atoms with Gasteiger partial charge in [-0.2, -0.15) is 4.98 Å². The second kappa shape index (κ2) is 5.93. The molecule has 2 aromatic carbocycles. The van der Waals surface area contributed by atoms with Crippen molar-refractivity contribution in [3.63, 3.8) is 0 Å². The maximum atomic E-state index is 13.6. The molecule has 0 saturated heterocycles. The molecule has 3 aromatic rings. The third-order valence-corrected chi connectivity index (χ3v) is 3.09. The third-order valence-electron chi connectivity index (χ3n) is 2.86. The summed E-state index contributed by atoms with van der Waals surface area (Å²) in [5, 5.41) is 7.11. The van der Waals surface area contributed by atoms with E-state index in [9.17, 15) is 4.39 Å². The van der Waals surface area contributed by atoms with Crippen LogP contribution in [0.25, 0.3) is 11.5 Å². The van der Waals surface area contributed by atoms with Gasteiger partial charge in [0.2, 0.25) is 0 Å². The molecule has 6 heteroatoms. The lowest BCUT2D eigenvalue weighted by atomic mass is 10.2. The summed E-state index contributed by atoms with van der Waals surface area (Å²) in [6, 6.07) is 13.9. The van der Waals surface area contributed by atoms with E-state index >= 15 is 0 Å². The summed E-state index contributed by atoms with van der Waals surface area (Å²) in [7, 11) is 0. The molecule has 0 aliphatic rings. The molecule has 3 rings (SSSR count). The van der Waals surface area contributed by atoms with Crippen LogP contribution in [0.1, 0.15) is 5.82 Å². The lowest BCUT2D eigenvalue weighted by Gasteiger charge is -2.04. The summed E-state index contributed by atoms with van der Waals surface area (Å²) < 4.78 is 18.8. The van der Waals surface area contributed by atoms with E-state index in [-0.39, 0.29) is 6.54 Å². The first-order chi connectivity index (χ1) is 10.2. The van der Waals surface area contributed by atoms with Crippen LogP contribution in [0.15, 0.2) is 53.1 Å². The highest BCUT2D eigenvalue weighted by Crippen LogP contribution is 2.20. The van der Waals surface area contributed by atoms with E-state index in [4.69, 9.17) is 16.1 Å². The van der Waals surface area contributed by atoms with Gasteiger partial charge >= 0.3 is 0 Å². The van der Waals surface area contributed by atoms with Crippen LogP contribution in [0.4, 0.5) is 10.1 Å². The molecule has 0 aliphatic heterocycles. The highest BCUT2D eigenvalue weighted by molar-refractivity contribution is 6.30. The molecule has 1 N–H and O–H groups in total. The first kappa shape index (κ1) is 13.6. The highest BCUT2D eigenvalue weighted by atomic mass is 35.5. The summed E-state index contributed by atoms with van der Waals surface area (Å²) in [6.07, 6.45) is 0. The molecule has 0 aliphatic carbocycles. The van der Waals surface area contributed by atoms with Crippen LogP contribution in [0.2, 0.25) is 5.02 Å². The molecule has 0 radical (unpaired) electrons. The van der Waals surface area contributed by atoms with Gasteiger partial charge in [-0.05, 0) is 30.3 Å². The van der Waals surface area contributed by atoms with Gasteiger partial charge in [0.15, 0.2) is 5.82 Å². The number of anilines is 1. The van der Waals surface area contributed by atoms with Gasteiger partial charge < -0.3 is 9.84 Å². The Balaban J connectivity index is 1.70. The summed E-state index contributed by atoms with van der Waals surface area (Å²) in [4.78, 5) is 4.25. The molecule has 0 spiro atoms. The van der Waals surface area contributed by atoms with Gasteiger partial charge in [-0.1, -0.05) is 35.0 Å². The molecule has 0 unspecified atom stereocenters. The topological polar surface area (TPSA) is 51.0 Å². The van der Waals surface area contributed by atoms with Crippen molar-refractivity contribution in [2.75, 3.05) is 5.32 Å². The summed E-state index contributed by atoms with van der Waals surface area (Å²) in [5.41, 5.74) is 1.18. The van der Waals surface area contributed by atoms with E-state index in [2.05, 4.69) is 15.5 Å². The van der Waals surface area contributed by atoms with Crippen LogP contribution in [0.5, 0.6) is 0 Å². The summed E-state index contributed by atoms with van der Waals surface area (Å²) in [5.74, 6) is 0.460. The molecular formula is C15H11ClFN3O. The number of hydrogen-bond acceptors (Lipinski definition) is 4. The van der Waals surface area contributed by atoms with E-state index in [0.717, 1.165) is 5.56 Å². The standard InChI is InChI=1S/C15H11ClFN3O/c16-11-6-7-13(12(17)8-11)18-9-14-19-15(21-20-14)10-4-2-1-3-5-10/h1-8,18H,9H2. The number of nitrogens with one attached hydrogen (secondary N) is 1. The van der Waals surface area contributed by atoms with Crippen LogP contribution in [0, 0.1) is 5.82 Å². The molecule has 0 saturated carbocycles. The Kier molecular flexibility index (Phi) is 3.83. The van der Waals surface area contributed by atoms with Crippen molar-refractivity contribution in [3.05, 3.63) is 65.2 Å². The zero-order valence-corrected chi connectivity index (χ0v) is 11.6. The summed E-state index contributed by atoms with van der Waals surface area (Å²) in [6.45, 7) is 0.259. The maximum Gasteiger partial charge on any atom is 0.257 e. The quantitative estimate of drug-likeness (QED) is 0.787. The SMILES string of the molecule is Fc1cc(Cl)ccc1NCc1noc(-c2ccccc2)n1. The van der Waals surface area contributed by atoms with E-state index in [1.807, 2.05) is 30.3 Å². The number of halogens is 2. The van der Waals surface area contributed by atoms with Crippen LogP contribution in [0.3, 0.4) is 0 Å². The van der Waals surface area contributed by atoms with Crippen molar-refractivity contribution in [2.24, 2.45) is 0 Å². The first-order valence-corrected chi connectivity index (χ1v) is 6.67. The normalized spacial score (nSPS) is 10.6. The molecule has 0 atom stereocenters. The predicted molar refractivity (Wildman–Crippen MR) is 78.5 cm³/mol. The minimum atomic E-state index is -0.422. The minimum Gasteiger partial charge on any atom is -0.375 e. The van der Waals surface area contributed by atoms with E-state index in [1.54, 1.807) is 12.1 Å². The second-order valence-corrected chi connectivity index (χ2v) is 4.80. The molecule has 21 heavy (non-hydrogen) atoms. The van der Waals surface area contributed by atoms with Crippen molar-refractivity contribution >= 4 is 17.3 Å². The molecule has 0 fully saturated rings. The largest absolute Gasteiger partial charge is 0.375 e. The Morgan fingerprint density at radius 1 is 1.14 bits per heavy atom. The van der Waals surface area contributed by atoms with Crippen LogP contribution in [-0.2, 0) is 6.54 Å². The van der Waals surface area contributed by atoms with Gasteiger partial charge in [0.05, 0.1) is 12.2 Å². The van der Waals surface area contributed by atoms with Crippen molar-refractivity contribution < 1.29 is 8.91 Å². The smallest absolute Gasteiger partial charge is 0.257 e. The van der Waals surface area contributed by atoms with E-state index in [1.165, 1.54) is 6.07 Å². The maximum absolute atomic E-state index is 13.6. The number of benzene rings is 2. The van der Waals surface area contributed by atoms with Gasteiger partial charge in [0, 0.05) is 10.6 Å². The fourth-order valence-electron chi connectivity index (χ4n) is 1.83. The second-order valence-electron chi connectivity index (χ2n) is 4.36. The monoisotopic (exact) mass is 303 g/mol. The number of hydrogen-bond donors (Lipinski definition) is 1. The van der Waals surface area contributed by atoms with Crippen molar-refractivity contribution in [2.45, 2.75) is 6.54 Å². The van der Waals surface area contributed by atoms with Gasteiger partial charge in [-0.3, -0.25) is 0 Å². The molecular weight excluding hydrogens is 293 g/mol. The Labute approximate surface area is 125 Å². The summed E-state index contributed by atoms with van der Waals surface area (Å²) >= 11 is 5.70. The van der Waals surface area contributed by atoms with Gasteiger partial charge in [-0.15, -0.1) is 0 Å².